The van der Waals surface area contributed by atoms with Gasteiger partial charge >= 0.3 is 0 Å². The average Bonchev–Trinajstić information content (AvgIpc) is 2.72. The van der Waals surface area contributed by atoms with Crippen molar-refractivity contribution in [2.75, 3.05) is 31.3 Å². The molecule has 0 aliphatic heterocycles. The molecule has 1 N–H and O–H groups in total. The lowest BCUT2D eigenvalue weighted by Crippen LogP contribution is -2.33. The van der Waals surface area contributed by atoms with Gasteiger partial charge in [-0.1, -0.05) is 19.1 Å². The second-order valence-corrected chi connectivity index (χ2v) is 9.83. The van der Waals surface area contributed by atoms with E-state index in [1.165, 1.54) is 10.6 Å². The number of anilines is 1. The van der Waals surface area contributed by atoms with Gasteiger partial charge in [0.05, 0.1) is 32.2 Å². The monoisotopic (exact) mass is 462 g/mol. The number of carbonyl (C=O) groups is 1. The fourth-order valence-electron chi connectivity index (χ4n) is 3.72. The van der Waals surface area contributed by atoms with Gasteiger partial charge in [-0.3, -0.25) is 9.10 Å². The maximum Gasteiger partial charge on any atom is 0.232 e. The van der Waals surface area contributed by atoms with Crippen molar-refractivity contribution < 1.29 is 22.7 Å². The van der Waals surface area contributed by atoms with E-state index in [1.807, 2.05) is 57.2 Å². The molecule has 0 aliphatic rings. The SMILES string of the molecule is CCC(NC(=O)CCCN(c1cc(C)cc(C)c1)S(C)(=O)=O)c1ccc(OC)c(OC)c1. The minimum absolute atomic E-state index is 0.125. The van der Waals surface area contributed by atoms with Gasteiger partial charge in [-0.05, 0) is 67.6 Å². The predicted molar refractivity (Wildman–Crippen MR) is 128 cm³/mol. The first-order valence-corrected chi connectivity index (χ1v) is 12.5. The first kappa shape index (κ1) is 25.5. The van der Waals surface area contributed by atoms with Crippen LogP contribution in [-0.4, -0.2) is 41.3 Å². The van der Waals surface area contributed by atoms with E-state index in [1.54, 1.807) is 14.2 Å². The normalized spacial score (nSPS) is 12.2. The second kappa shape index (κ2) is 11.2. The van der Waals surface area contributed by atoms with Crippen LogP contribution in [-0.2, 0) is 14.8 Å². The highest BCUT2D eigenvalue weighted by Crippen LogP contribution is 2.31. The van der Waals surface area contributed by atoms with E-state index in [9.17, 15) is 13.2 Å². The number of carbonyl (C=O) groups excluding carboxylic acids is 1. The van der Waals surface area contributed by atoms with Crippen molar-refractivity contribution in [3.8, 4) is 11.5 Å². The molecule has 8 heteroatoms. The van der Waals surface area contributed by atoms with Gasteiger partial charge in [-0.25, -0.2) is 8.42 Å². The Kier molecular flexibility index (Phi) is 8.95. The lowest BCUT2D eigenvalue weighted by molar-refractivity contribution is -0.121. The highest BCUT2D eigenvalue weighted by atomic mass is 32.2. The van der Waals surface area contributed by atoms with Gasteiger partial charge in [0, 0.05) is 13.0 Å². The molecule has 2 aromatic rings. The van der Waals surface area contributed by atoms with E-state index in [0.717, 1.165) is 16.7 Å². The Bertz CT molecular complexity index is 1020. The van der Waals surface area contributed by atoms with E-state index in [0.29, 0.717) is 30.0 Å². The van der Waals surface area contributed by atoms with Gasteiger partial charge < -0.3 is 14.8 Å². The summed E-state index contributed by atoms with van der Waals surface area (Å²) < 4.78 is 36.7. The maximum atomic E-state index is 12.6. The van der Waals surface area contributed by atoms with Crippen LogP contribution in [0.3, 0.4) is 0 Å². The van der Waals surface area contributed by atoms with Crippen LogP contribution in [0.4, 0.5) is 5.69 Å². The van der Waals surface area contributed by atoms with Crippen LogP contribution in [0.25, 0.3) is 0 Å². The number of nitrogens with one attached hydrogen (secondary N) is 1. The van der Waals surface area contributed by atoms with E-state index < -0.39 is 10.0 Å². The zero-order valence-corrected chi connectivity index (χ0v) is 20.6. The number of rotatable bonds is 11. The number of hydrogen-bond acceptors (Lipinski definition) is 5. The Labute approximate surface area is 191 Å². The molecule has 0 aliphatic carbocycles. The molecule has 1 unspecified atom stereocenters. The summed E-state index contributed by atoms with van der Waals surface area (Å²) in [5, 5.41) is 3.04. The first-order valence-electron chi connectivity index (χ1n) is 10.7. The second-order valence-electron chi connectivity index (χ2n) is 7.93. The third-order valence-electron chi connectivity index (χ3n) is 5.21. The Morgan fingerprint density at radius 2 is 1.66 bits per heavy atom. The molecule has 0 radical (unpaired) electrons. The molecule has 2 rings (SSSR count). The molecule has 0 saturated carbocycles. The summed E-state index contributed by atoms with van der Waals surface area (Å²) in [5.41, 5.74) is 3.54. The number of sulfonamides is 1. The molecule has 0 saturated heterocycles. The van der Waals surface area contributed by atoms with Crippen LogP contribution >= 0.6 is 0 Å². The van der Waals surface area contributed by atoms with Crippen molar-refractivity contribution in [3.05, 3.63) is 53.1 Å². The van der Waals surface area contributed by atoms with Gasteiger partial charge in [-0.15, -0.1) is 0 Å². The van der Waals surface area contributed by atoms with Gasteiger partial charge in [0.15, 0.2) is 11.5 Å². The van der Waals surface area contributed by atoms with E-state index >= 15 is 0 Å². The van der Waals surface area contributed by atoms with Crippen LogP contribution in [0.2, 0.25) is 0 Å². The lowest BCUT2D eigenvalue weighted by Gasteiger charge is -2.24. The maximum absolute atomic E-state index is 12.6. The summed E-state index contributed by atoms with van der Waals surface area (Å²) in [6, 6.07) is 11.1. The minimum atomic E-state index is -3.46. The van der Waals surface area contributed by atoms with Crippen molar-refractivity contribution >= 4 is 21.6 Å². The first-order chi connectivity index (χ1) is 15.1. The molecule has 0 fully saturated rings. The predicted octanol–water partition coefficient (Wildman–Crippen LogP) is 4.13. The summed E-state index contributed by atoms with van der Waals surface area (Å²) in [7, 11) is -0.307. The number of nitrogens with zero attached hydrogens (tertiary/aromatic N) is 1. The van der Waals surface area contributed by atoms with Gasteiger partial charge in [-0.2, -0.15) is 0 Å². The van der Waals surface area contributed by atoms with Crippen LogP contribution in [0.15, 0.2) is 36.4 Å². The zero-order valence-electron chi connectivity index (χ0n) is 19.8. The van der Waals surface area contributed by atoms with Crippen molar-refractivity contribution in [2.24, 2.45) is 0 Å². The Morgan fingerprint density at radius 1 is 1.03 bits per heavy atom. The molecule has 176 valence electrons. The fraction of sp³-hybridized carbons (Fsp3) is 0.458. The Morgan fingerprint density at radius 3 is 2.19 bits per heavy atom. The molecule has 1 atom stereocenters. The molecule has 0 spiro atoms. The molecule has 0 bridgehead atoms. The van der Waals surface area contributed by atoms with Crippen LogP contribution in [0, 0.1) is 13.8 Å². The quantitative estimate of drug-likeness (QED) is 0.543. The molecule has 0 heterocycles. The summed E-state index contributed by atoms with van der Waals surface area (Å²) in [5.74, 6) is 1.11. The van der Waals surface area contributed by atoms with Crippen molar-refractivity contribution in [2.45, 2.75) is 46.1 Å². The number of methoxy groups -OCH3 is 2. The molecule has 7 nitrogen and oxygen atoms in total. The van der Waals surface area contributed by atoms with E-state index in [-0.39, 0.29) is 24.9 Å². The van der Waals surface area contributed by atoms with Crippen LogP contribution < -0.4 is 19.1 Å². The van der Waals surface area contributed by atoms with Crippen LogP contribution in [0.5, 0.6) is 11.5 Å². The third kappa shape index (κ3) is 6.88. The standard InChI is InChI=1S/C24H34N2O5S/c1-7-21(19-10-11-22(30-4)23(16-19)31-5)25-24(27)9-8-12-26(32(6,28)29)20-14-17(2)13-18(3)15-20/h10-11,13-16,21H,7-9,12H2,1-6H3,(H,25,27). The molecule has 32 heavy (non-hydrogen) atoms. The molecular weight excluding hydrogens is 428 g/mol. The number of aryl methyl sites for hydroxylation is 2. The summed E-state index contributed by atoms with van der Waals surface area (Å²) in [6.07, 6.45) is 2.53. The smallest absolute Gasteiger partial charge is 0.232 e. The lowest BCUT2D eigenvalue weighted by atomic mass is 10.0. The molecule has 2 aromatic carbocycles. The van der Waals surface area contributed by atoms with Crippen molar-refractivity contribution in [1.82, 2.24) is 5.32 Å². The highest BCUT2D eigenvalue weighted by molar-refractivity contribution is 7.92. The Balaban J connectivity index is 2.04. The zero-order chi connectivity index (χ0) is 23.9. The Hall–Kier alpha value is -2.74. The van der Waals surface area contributed by atoms with E-state index in [2.05, 4.69) is 5.32 Å². The largest absolute Gasteiger partial charge is 0.493 e. The number of ether oxygens (including phenoxy) is 2. The van der Waals surface area contributed by atoms with Crippen molar-refractivity contribution in [3.63, 3.8) is 0 Å². The minimum Gasteiger partial charge on any atom is -0.493 e. The average molecular weight is 463 g/mol. The summed E-state index contributed by atoms with van der Waals surface area (Å²) >= 11 is 0. The van der Waals surface area contributed by atoms with Crippen molar-refractivity contribution in [1.29, 1.82) is 0 Å². The van der Waals surface area contributed by atoms with Gasteiger partial charge in [0.1, 0.15) is 0 Å². The molecular formula is C24H34N2O5S. The van der Waals surface area contributed by atoms with Gasteiger partial charge in [0.25, 0.3) is 0 Å². The fourth-order valence-corrected chi connectivity index (χ4v) is 4.67. The number of amides is 1. The van der Waals surface area contributed by atoms with Crippen LogP contribution in [0.1, 0.15) is 48.9 Å². The molecule has 0 aromatic heterocycles. The van der Waals surface area contributed by atoms with E-state index in [4.69, 9.17) is 9.47 Å². The molecule has 1 amide bonds. The summed E-state index contributed by atoms with van der Waals surface area (Å²) in [6.45, 7) is 6.10. The topological polar surface area (TPSA) is 84.9 Å². The number of benzene rings is 2. The number of hydrogen-bond donors (Lipinski definition) is 1. The summed E-state index contributed by atoms with van der Waals surface area (Å²) in [4.78, 5) is 12.6. The van der Waals surface area contributed by atoms with Gasteiger partial charge in [0.2, 0.25) is 15.9 Å². The third-order valence-corrected chi connectivity index (χ3v) is 6.41. The highest BCUT2D eigenvalue weighted by Gasteiger charge is 2.19.